The molecule has 0 spiro atoms. The number of aromatic carboxylic acids is 1. The highest BCUT2D eigenvalue weighted by molar-refractivity contribution is 7.16. The molecule has 1 saturated heterocycles. The van der Waals surface area contributed by atoms with Crippen molar-refractivity contribution in [1.29, 1.82) is 0 Å². The van der Waals surface area contributed by atoms with E-state index in [-0.39, 0.29) is 17.8 Å². The van der Waals surface area contributed by atoms with Crippen LogP contribution in [0.3, 0.4) is 0 Å². The number of anilines is 1. The summed E-state index contributed by atoms with van der Waals surface area (Å²) >= 11 is 1.40. The van der Waals surface area contributed by atoms with Gasteiger partial charge in [-0.2, -0.15) is 0 Å². The third-order valence-corrected chi connectivity index (χ3v) is 4.95. The molecule has 0 unspecified atom stereocenters. The quantitative estimate of drug-likeness (QED) is 0.853. The fourth-order valence-corrected chi connectivity index (χ4v) is 3.99. The summed E-state index contributed by atoms with van der Waals surface area (Å²) in [5.74, 6) is -1.02. The maximum atomic E-state index is 12.3. The van der Waals surface area contributed by atoms with Crippen LogP contribution in [0.15, 0.2) is 0 Å². The zero-order valence-electron chi connectivity index (χ0n) is 16.3. The van der Waals surface area contributed by atoms with Gasteiger partial charge in [0.15, 0.2) is 5.69 Å². The van der Waals surface area contributed by atoms with E-state index in [1.807, 2.05) is 51.6 Å². The summed E-state index contributed by atoms with van der Waals surface area (Å²) in [4.78, 5) is 33.9. The molecule has 2 rings (SSSR count). The Morgan fingerprint density at radius 1 is 1.35 bits per heavy atom. The minimum absolute atomic E-state index is 0.0837. The van der Waals surface area contributed by atoms with Crippen molar-refractivity contribution >= 4 is 28.4 Å². The van der Waals surface area contributed by atoms with Crippen LogP contribution >= 0.6 is 11.3 Å². The molecule has 0 aromatic carbocycles. The van der Waals surface area contributed by atoms with E-state index in [1.165, 1.54) is 11.3 Å². The zero-order valence-corrected chi connectivity index (χ0v) is 17.1. The second-order valence-corrected chi connectivity index (χ2v) is 8.84. The zero-order chi connectivity index (χ0) is 19.6. The standard InChI is InChI=1S/C17H28N4O4S/c1-11-9-20(7-8-21(11)16(24)25-17(2,3)4)14-13(15(22)23)18-12(26-14)10-19(5)6/h11H,7-10H2,1-6H3,(H,22,23)/t11-/m1/s1. The van der Waals surface area contributed by atoms with E-state index in [1.54, 1.807) is 4.90 Å². The number of carbonyl (C=O) groups excluding carboxylic acids is 1. The number of carboxylic acids is 1. The number of carbonyl (C=O) groups is 2. The normalized spacial score (nSPS) is 18.3. The van der Waals surface area contributed by atoms with Crippen LogP contribution in [0.25, 0.3) is 0 Å². The summed E-state index contributed by atoms with van der Waals surface area (Å²) < 4.78 is 5.46. The highest BCUT2D eigenvalue weighted by atomic mass is 32.1. The molecule has 0 radical (unpaired) electrons. The van der Waals surface area contributed by atoms with Gasteiger partial charge in [-0.3, -0.25) is 0 Å². The van der Waals surface area contributed by atoms with Crippen molar-refractivity contribution in [3.63, 3.8) is 0 Å². The molecule has 1 fully saturated rings. The number of thiazole rings is 1. The van der Waals surface area contributed by atoms with Gasteiger partial charge >= 0.3 is 12.1 Å². The Labute approximate surface area is 158 Å². The molecule has 2 heterocycles. The number of ether oxygens (including phenoxy) is 1. The van der Waals surface area contributed by atoms with Crippen LogP contribution in [0.5, 0.6) is 0 Å². The van der Waals surface area contributed by atoms with Crippen LogP contribution in [0, 0.1) is 0 Å². The predicted molar refractivity (Wildman–Crippen MR) is 101 cm³/mol. The maximum absolute atomic E-state index is 12.3. The van der Waals surface area contributed by atoms with Crippen LogP contribution in [0.2, 0.25) is 0 Å². The van der Waals surface area contributed by atoms with Gasteiger partial charge < -0.3 is 24.5 Å². The van der Waals surface area contributed by atoms with Crippen LogP contribution < -0.4 is 4.90 Å². The Hall–Kier alpha value is -1.87. The Morgan fingerprint density at radius 2 is 2.00 bits per heavy atom. The van der Waals surface area contributed by atoms with Crippen molar-refractivity contribution in [2.75, 3.05) is 38.6 Å². The van der Waals surface area contributed by atoms with Gasteiger partial charge in [-0.05, 0) is 41.8 Å². The van der Waals surface area contributed by atoms with Crippen molar-refractivity contribution in [2.45, 2.75) is 45.9 Å². The topological polar surface area (TPSA) is 86.2 Å². The third kappa shape index (κ3) is 5.07. The number of rotatable bonds is 4. The second-order valence-electron chi connectivity index (χ2n) is 7.77. The lowest BCUT2D eigenvalue weighted by molar-refractivity contribution is 0.0158. The first kappa shape index (κ1) is 20.4. The van der Waals surface area contributed by atoms with Crippen LogP contribution in [-0.4, -0.2) is 77.3 Å². The monoisotopic (exact) mass is 384 g/mol. The van der Waals surface area contributed by atoms with Crippen LogP contribution in [0.4, 0.5) is 9.80 Å². The average molecular weight is 385 g/mol. The molecule has 0 saturated carbocycles. The number of piperazine rings is 1. The Balaban J connectivity index is 2.14. The molecule has 8 nitrogen and oxygen atoms in total. The number of aromatic nitrogens is 1. The lowest BCUT2D eigenvalue weighted by atomic mass is 10.2. The highest BCUT2D eigenvalue weighted by Gasteiger charge is 2.33. The fourth-order valence-electron chi connectivity index (χ4n) is 2.78. The maximum Gasteiger partial charge on any atom is 0.410 e. The number of hydrogen-bond acceptors (Lipinski definition) is 7. The Morgan fingerprint density at radius 3 is 2.50 bits per heavy atom. The van der Waals surface area contributed by atoms with E-state index in [9.17, 15) is 14.7 Å². The number of carboxylic acid groups (broad SMARTS) is 1. The van der Waals surface area contributed by atoms with Gasteiger partial charge in [-0.15, -0.1) is 0 Å². The molecule has 9 heteroatoms. The van der Waals surface area contributed by atoms with Crippen LogP contribution in [0.1, 0.15) is 43.2 Å². The van der Waals surface area contributed by atoms with Gasteiger partial charge in [-0.1, -0.05) is 11.3 Å². The van der Waals surface area contributed by atoms with E-state index in [2.05, 4.69) is 4.98 Å². The second kappa shape index (κ2) is 7.79. The summed E-state index contributed by atoms with van der Waals surface area (Å²) in [5, 5.41) is 10.9. The average Bonchev–Trinajstić information content (AvgIpc) is 2.88. The van der Waals surface area contributed by atoms with Crippen molar-refractivity contribution in [1.82, 2.24) is 14.8 Å². The van der Waals surface area contributed by atoms with Gasteiger partial charge in [0, 0.05) is 32.2 Å². The van der Waals surface area contributed by atoms with E-state index in [0.717, 1.165) is 5.01 Å². The van der Waals surface area contributed by atoms with Crippen LogP contribution in [-0.2, 0) is 11.3 Å². The predicted octanol–water partition coefficient (Wildman–Crippen LogP) is 2.35. The third-order valence-electron chi connectivity index (χ3n) is 3.85. The molecular formula is C17H28N4O4S. The molecule has 0 bridgehead atoms. The fraction of sp³-hybridized carbons (Fsp3) is 0.706. The summed E-state index contributed by atoms with van der Waals surface area (Å²) in [6, 6.07) is -0.0837. The molecule has 0 aliphatic carbocycles. The minimum atomic E-state index is -1.02. The van der Waals surface area contributed by atoms with Gasteiger partial charge in [0.1, 0.15) is 15.6 Å². The molecule has 1 aliphatic heterocycles. The van der Waals surface area contributed by atoms with Crippen molar-refractivity contribution in [2.24, 2.45) is 0 Å². The lowest BCUT2D eigenvalue weighted by Crippen LogP contribution is -2.55. The Bertz CT molecular complexity index is 668. The molecular weight excluding hydrogens is 356 g/mol. The SMILES string of the molecule is C[C@@H]1CN(c2sc(CN(C)C)nc2C(=O)O)CCN1C(=O)OC(C)(C)C. The first-order chi connectivity index (χ1) is 12.0. The summed E-state index contributed by atoms with van der Waals surface area (Å²) in [7, 11) is 3.84. The largest absolute Gasteiger partial charge is 0.476 e. The summed E-state index contributed by atoms with van der Waals surface area (Å²) in [5.41, 5.74) is -0.451. The molecule has 1 aromatic rings. The number of hydrogen-bond donors (Lipinski definition) is 1. The van der Waals surface area contributed by atoms with E-state index < -0.39 is 11.6 Å². The first-order valence-corrected chi connectivity index (χ1v) is 9.42. The summed E-state index contributed by atoms with van der Waals surface area (Å²) in [6.45, 7) is 9.64. The number of amides is 1. The summed E-state index contributed by atoms with van der Waals surface area (Å²) in [6.07, 6.45) is -0.333. The highest BCUT2D eigenvalue weighted by Crippen LogP contribution is 2.31. The molecule has 26 heavy (non-hydrogen) atoms. The van der Waals surface area contributed by atoms with E-state index in [4.69, 9.17) is 4.74 Å². The van der Waals surface area contributed by atoms with Gasteiger partial charge in [0.2, 0.25) is 0 Å². The van der Waals surface area contributed by atoms with Crippen molar-refractivity contribution in [3.05, 3.63) is 10.7 Å². The molecule has 1 N–H and O–H groups in total. The molecule has 146 valence electrons. The van der Waals surface area contributed by atoms with Crippen molar-refractivity contribution in [3.8, 4) is 0 Å². The molecule has 1 atom stereocenters. The van der Waals surface area contributed by atoms with Crippen molar-refractivity contribution < 1.29 is 19.4 Å². The van der Waals surface area contributed by atoms with E-state index in [0.29, 0.717) is 31.2 Å². The van der Waals surface area contributed by atoms with E-state index >= 15 is 0 Å². The Kier molecular flexibility index (Phi) is 6.13. The molecule has 1 aromatic heterocycles. The molecule has 1 aliphatic rings. The lowest BCUT2D eigenvalue weighted by Gasteiger charge is -2.40. The smallest absolute Gasteiger partial charge is 0.410 e. The first-order valence-electron chi connectivity index (χ1n) is 8.60. The number of nitrogens with zero attached hydrogens (tertiary/aromatic N) is 4. The van der Waals surface area contributed by atoms with Gasteiger partial charge in [0.05, 0.1) is 0 Å². The van der Waals surface area contributed by atoms with Gasteiger partial charge in [0.25, 0.3) is 0 Å². The minimum Gasteiger partial charge on any atom is -0.476 e. The van der Waals surface area contributed by atoms with Gasteiger partial charge in [-0.25, -0.2) is 14.6 Å². The molecule has 1 amide bonds.